The van der Waals surface area contributed by atoms with Gasteiger partial charge in [0.2, 0.25) is 0 Å². The summed E-state index contributed by atoms with van der Waals surface area (Å²) in [5, 5.41) is 0. The standard InChI is InChI=1S/C15H20F2N2O3/c1-15(14(16)17)9-10-7-11(18-20-2)12(8-13(10)22-15)19-3-5-21-6-4-19/h7-8,14,18H,3-6,9H2,1-2H3. The fourth-order valence-corrected chi connectivity index (χ4v) is 2.89. The number of ether oxygens (including phenoxy) is 2. The van der Waals surface area contributed by atoms with Crippen molar-refractivity contribution < 1.29 is 23.1 Å². The van der Waals surface area contributed by atoms with Crippen LogP contribution >= 0.6 is 0 Å². The summed E-state index contributed by atoms with van der Waals surface area (Å²) in [6.07, 6.45) is -2.35. The molecule has 0 aromatic heterocycles. The quantitative estimate of drug-likeness (QED) is 0.865. The van der Waals surface area contributed by atoms with Crippen molar-refractivity contribution >= 4 is 11.4 Å². The van der Waals surface area contributed by atoms with Crippen molar-refractivity contribution in [3.8, 4) is 5.75 Å². The Balaban J connectivity index is 1.94. The van der Waals surface area contributed by atoms with Crippen molar-refractivity contribution in [3.63, 3.8) is 0 Å². The number of nitrogens with one attached hydrogen (secondary N) is 1. The van der Waals surface area contributed by atoms with Gasteiger partial charge in [0.15, 0.2) is 5.60 Å². The Morgan fingerprint density at radius 1 is 1.32 bits per heavy atom. The van der Waals surface area contributed by atoms with E-state index >= 15 is 0 Å². The van der Waals surface area contributed by atoms with Gasteiger partial charge in [-0.05, 0) is 13.0 Å². The van der Waals surface area contributed by atoms with Crippen LogP contribution in [-0.4, -0.2) is 45.4 Å². The third-order valence-electron chi connectivity index (χ3n) is 4.09. The lowest BCUT2D eigenvalue weighted by Crippen LogP contribution is -2.38. The average molecular weight is 314 g/mol. The molecule has 1 unspecified atom stereocenters. The smallest absolute Gasteiger partial charge is 0.277 e. The Labute approximate surface area is 128 Å². The highest BCUT2D eigenvalue weighted by atomic mass is 19.3. The number of rotatable bonds is 4. The molecule has 1 fully saturated rings. The molecule has 0 saturated carbocycles. The van der Waals surface area contributed by atoms with Gasteiger partial charge in [-0.15, -0.1) is 0 Å². The van der Waals surface area contributed by atoms with E-state index in [9.17, 15) is 8.78 Å². The Morgan fingerprint density at radius 3 is 2.68 bits per heavy atom. The molecule has 0 spiro atoms. The van der Waals surface area contributed by atoms with Gasteiger partial charge in [-0.1, -0.05) is 0 Å². The van der Waals surface area contributed by atoms with Gasteiger partial charge >= 0.3 is 0 Å². The number of morpholine rings is 1. The predicted octanol–water partition coefficient (Wildman–Crippen LogP) is 2.46. The van der Waals surface area contributed by atoms with Crippen molar-refractivity contribution in [1.82, 2.24) is 0 Å². The van der Waals surface area contributed by atoms with E-state index in [-0.39, 0.29) is 6.42 Å². The normalized spacial score (nSPS) is 24.3. The van der Waals surface area contributed by atoms with Crippen molar-refractivity contribution in [2.75, 3.05) is 43.8 Å². The predicted molar refractivity (Wildman–Crippen MR) is 78.8 cm³/mol. The Kier molecular flexibility index (Phi) is 4.10. The minimum absolute atomic E-state index is 0.182. The van der Waals surface area contributed by atoms with Crippen LogP contribution in [0, 0.1) is 0 Å². The number of benzene rings is 1. The molecule has 2 aliphatic heterocycles. The Bertz CT molecular complexity index is 550. The first kappa shape index (κ1) is 15.3. The van der Waals surface area contributed by atoms with Crippen molar-refractivity contribution in [2.45, 2.75) is 25.4 Å². The second-order valence-corrected chi connectivity index (χ2v) is 5.77. The fourth-order valence-electron chi connectivity index (χ4n) is 2.89. The molecule has 122 valence electrons. The molecule has 0 bridgehead atoms. The highest BCUT2D eigenvalue weighted by Gasteiger charge is 2.43. The largest absolute Gasteiger partial charge is 0.481 e. The number of halogens is 2. The molecule has 1 N–H and O–H groups in total. The number of hydrogen-bond acceptors (Lipinski definition) is 5. The topological polar surface area (TPSA) is 43.0 Å². The average Bonchev–Trinajstić information content (AvgIpc) is 2.84. The molecule has 2 aliphatic rings. The molecule has 7 heteroatoms. The van der Waals surface area contributed by atoms with Crippen LogP contribution in [0.25, 0.3) is 0 Å². The molecular weight excluding hydrogens is 294 g/mol. The first-order valence-corrected chi connectivity index (χ1v) is 7.29. The van der Waals surface area contributed by atoms with Gasteiger partial charge in [0, 0.05) is 31.1 Å². The summed E-state index contributed by atoms with van der Waals surface area (Å²) in [5.41, 5.74) is 3.77. The van der Waals surface area contributed by atoms with Crippen molar-refractivity contribution in [2.24, 2.45) is 0 Å². The summed E-state index contributed by atoms with van der Waals surface area (Å²) in [4.78, 5) is 7.15. The van der Waals surface area contributed by atoms with E-state index in [1.807, 2.05) is 12.1 Å². The molecule has 0 amide bonds. The maximum atomic E-state index is 13.2. The van der Waals surface area contributed by atoms with Gasteiger partial charge in [-0.2, -0.15) is 0 Å². The van der Waals surface area contributed by atoms with Gasteiger partial charge in [-0.3, -0.25) is 10.3 Å². The van der Waals surface area contributed by atoms with Gasteiger partial charge in [0.25, 0.3) is 6.43 Å². The minimum Gasteiger partial charge on any atom is -0.481 e. The lowest BCUT2D eigenvalue weighted by atomic mass is 9.99. The highest BCUT2D eigenvalue weighted by molar-refractivity contribution is 5.74. The molecular formula is C15H20F2N2O3. The third-order valence-corrected chi connectivity index (χ3v) is 4.09. The lowest BCUT2D eigenvalue weighted by Gasteiger charge is -2.31. The summed E-state index contributed by atoms with van der Waals surface area (Å²) in [7, 11) is 1.52. The zero-order valence-corrected chi connectivity index (χ0v) is 12.7. The second kappa shape index (κ2) is 5.89. The molecule has 1 aromatic rings. The third kappa shape index (κ3) is 2.70. The second-order valence-electron chi connectivity index (χ2n) is 5.77. The zero-order chi connectivity index (χ0) is 15.7. The first-order valence-electron chi connectivity index (χ1n) is 7.29. The fraction of sp³-hybridized carbons (Fsp3) is 0.600. The first-order chi connectivity index (χ1) is 10.5. The zero-order valence-electron chi connectivity index (χ0n) is 12.7. The van der Waals surface area contributed by atoms with Gasteiger partial charge in [0.05, 0.1) is 31.7 Å². The summed E-state index contributed by atoms with van der Waals surface area (Å²) in [6, 6.07) is 3.65. The summed E-state index contributed by atoms with van der Waals surface area (Å²) in [6.45, 7) is 4.19. The number of anilines is 2. The molecule has 1 aromatic carbocycles. The Hall–Kier alpha value is -1.60. The summed E-state index contributed by atoms with van der Waals surface area (Å²) in [5.74, 6) is 0.519. The van der Waals surface area contributed by atoms with Crippen LogP contribution in [0.1, 0.15) is 12.5 Å². The molecule has 0 radical (unpaired) electrons. The summed E-state index contributed by atoms with van der Waals surface area (Å²) < 4.78 is 37.3. The van der Waals surface area contributed by atoms with Crippen LogP contribution in [0.5, 0.6) is 5.75 Å². The van der Waals surface area contributed by atoms with Crippen LogP contribution in [0.2, 0.25) is 0 Å². The van der Waals surface area contributed by atoms with Crippen LogP contribution in [0.4, 0.5) is 20.2 Å². The summed E-state index contributed by atoms with van der Waals surface area (Å²) >= 11 is 0. The molecule has 1 saturated heterocycles. The van der Waals surface area contributed by atoms with Gasteiger partial charge < -0.3 is 14.4 Å². The molecule has 2 heterocycles. The number of nitrogens with zero attached hydrogens (tertiary/aromatic N) is 1. The van der Waals surface area contributed by atoms with Crippen LogP contribution in [0.15, 0.2) is 12.1 Å². The van der Waals surface area contributed by atoms with Crippen molar-refractivity contribution in [1.29, 1.82) is 0 Å². The van der Waals surface area contributed by atoms with Crippen molar-refractivity contribution in [3.05, 3.63) is 17.7 Å². The number of alkyl halides is 2. The maximum absolute atomic E-state index is 13.2. The molecule has 0 aliphatic carbocycles. The van der Waals surface area contributed by atoms with Crippen LogP contribution in [0.3, 0.4) is 0 Å². The van der Waals surface area contributed by atoms with E-state index in [0.29, 0.717) is 19.0 Å². The van der Waals surface area contributed by atoms with E-state index in [2.05, 4.69) is 10.4 Å². The number of fused-ring (bicyclic) bond motifs is 1. The van der Waals surface area contributed by atoms with E-state index in [0.717, 1.165) is 30.0 Å². The minimum atomic E-state index is -2.54. The van der Waals surface area contributed by atoms with E-state index in [4.69, 9.17) is 14.3 Å². The van der Waals surface area contributed by atoms with E-state index in [1.54, 1.807) is 0 Å². The molecule has 3 rings (SSSR count). The van der Waals surface area contributed by atoms with Gasteiger partial charge in [-0.25, -0.2) is 8.78 Å². The Morgan fingerprint density at radius 2 is 2.05 bits per heavy atom. The SMILES string of the molecule is CONc1cc2c(cc1N1CCOCC1)OC(C)(C(F)F)C2. The van der Waals surface area contributed by atoms with Crippen LogP contribution < -0.4 is 15.1 Å². The van der Waals surface area contributed by atoms with E-state index in [1.165, 1.54) is 14.0 Å². The molecule has 1 atom stereocenters. The number of hydrogen-bond donors (Lipinski definition) is 1. The monoisotopic (exact) mass is 314 g/mol. The van der Waals surface area contributed by atoms with Gasteiger partial charge in [0.1, 0.15) is 5.75 Å². The highest BCUT2D eigenvalue weighted by Crippen LogP contribution is 2.43. The van der Waals surface area contributed by atoms with Crippen LogP contribution in [-0.2, 0) is 16.0 Å². The molecule has 22 heavy (non-hydrogen) atoms. The van der Waals surface area contributed by atoms with E-state index < -0.39 is 12.0 Å². The lowest BCUT2D eigenvalue weighted by molar-refractivity contribution is -0.0498. The maximum Gasteiger partial charge on any atom is 0.277 e. The molecule has 5 nitrogen and oxygen atoms in total.